The Morgan fingerprint density at radius 2 is 2.19 bits per heavy atom. The molecule has 3 heteroatoms. The van der Waals surface area contributed by atoms with Crippen molar-refractivity contribution in [1.29, 1.82) is 0 Å². The van der Waals surface area contributed by atoms with E-state index in [0.717, 1.165) is 13.1 Å². The summed E-state index contributed by atoms with van der Waals surface area (Å²) in [6.45, 7) is 7.46. The van der Waals surface area contributed by atoms with Gasteiger partial charge in [-0.15, -0.1) is 0 Å². The number of aromatic nitrogens is 1. The van der Waals surface area contributed by atoms with Crippen LogP contribution in [-0.2, 0) is 11.3 Å². The maximum absolute atomic E-state index is 11.8. The van der Waals surface area contributed by atoms with E-state index < -0.39 is 0 Å². The van der Waals surface area contributed by atoms with Crippen molar-refractivity contribution in [3.8, 4) is 11.8 Å². The molecule has 0 saturated carbocycles. The molecule has 1 aliphatic rings. The van der Waals surface area contributed by atoms with E-state index in [1.807, 2.05) is 4.90 Å². The van der Waals surface area contributed by atoms with Crippen molar-refractivity contribution < 1.29 is 4.79 Å². The maximum atomic E-state index is 11.8. The van der Waals surface area contributed by atoms with Gasteiger partial charge in [-0.1, -0.05) is 5.92 Å². The zero-order valence-electron chi connectivity index (χ0n) is 9.95. The highest BCUT2D eigenvalue weighted by Gasteiger charge is 2.27. The summed E-state index contributed by atoms with van der Waals surface area (Å²) >= 11 is 0. The monoisotopic (exact) mass is 216 g/mol. The lowest BCUT2D eigenvalue weighted by atomic mass is 10.1. The van der Waals surface area contributed by atoms with Crippen LogP contribution in [0.2, 0.25) is 0 Å². The molecule has 2 heterocycles. The van der Waals surface area contributed by atoms with E-state index in [0.29, 0.717) is 0 Å². The van der Waals surface area contributed by atoms with E-state index in [1.54, 1.807) is 6.92 Å². The number of aryl methyl sites for hydroxylation is 1. The molecule has 0 saturated heterocycles. The average Bonchev–Trinajstić information content (AvgIpc) is 2.62. The average molecular weight is 216 g/mol. The molecular formula is C13H16N2O. The molecule has 1 unspecified atom stereocenters. The Morgan fingerprint density at radius 3 is 2.88 bits per heavy atom. The van der Waals surface area contributed by atoms with Gasteiger partial charge in [0.1, 0.15) is 0 Å². The molecule has 0 radical (unpaired) electrons. The minimum atomic E-state index is -0.0693. The van der Waals surface area contributed by atoms with Gasteiger partial charge < -0.3 is 9.47 Å². The van der Waals surface area contributed by atoms with E-state index in [-0.39, 0.29) is 11.9 Å². The SMILES string of the molecule is CC#CC(=O)N1CCn2c(C)ccc2C1C. The maximum Gasteiger partial charge on any atom is 0.299 e. The van der Waals surface area contributed by atoms with Crippen LogP contribution in [0.25, 0.3) is 0 Å². The Balaban J connectivity index is 2.30. The molecule has 1 atom stereocenters. The second-order valence-electron chi connectivity index (χ2n) is 4.10. The van der Waals surface area contributed by atoms with Crippen molar-refractivity contribution in [1.82, 2.24) is 9.47 Å². The van der Waals surface area contributed by atoms with E-state index in [9.17, 15) is 4.79 Å². The Hall–Kier alpha value is -1.69. The van der Waals surface area contributed by atoms with Crippen LogP contribution >= 0.6 is 0 Å². The number of fused-ring (bicyclic) bond motifs is 1. The molecule has 0 spiro atoms. The number of nitrogens with zero attached hydrogens (tertiary/aromatic N) is 2. The summed E-state index contributed by atoms with van der Waals surface area (Å²) < 4.78 is 2.27. The Morgan fingerprint density at radius 1 is 1.44 bits per heavy atom. The largest absolute Gasteiger partial charge is 0.345 e. The predicted molar refractivity (Wildman–Crippen MR) is 62.7 cm³/mol. The second kappa shape index (κ2) is 4.05. The highest BCUT2D eigenvalue weighted by Crippen LogP contribution is 2.26. The summed E-state index contributed by atoms with van der Waals surface area (Å²) in [6, 6.07) is 4.32. The van der Waals surface area contributed by atoms with Gasteiger partial charge in [0.05, 0.1) is 6.04 Å². The molecule has 0 aliphatic carbocycles. The van der Waals surface area contributed by atoms with Crippen LogP contribution in [0.4, 0.5) is 0 Å². The molecule has 1 aliphatic heterocycles. The first kappa shape index (κ1) is 10.8. The fraction of sp³-hybridized carbons (Fsp3) is 0.462. The first-order valence-electron chi connectivity index (χ1n) is 5.54. The lowest BCUT2D eigenvalue weighted by molar-refractivity contribution is -0.128. The molecule has 0 aromatic carbocycles. The number of hydrogen-bond donors (Lipinski definition) is 0. The topological polar surface area (TPSA) is 25.2 Å². The molecule has 1 aromatic heterocycles. The minimum Gasteiger partial charge on any atom is -0.345 e. The van der Waals surface area contributed by atoms with Crippen LogP contribution in [0, 0.1) is 18.8 Å². The van der Waals surface area contributed by atoms with Gasteiger partial charge in [0.15, 0.2) is 0 Å². The van der Waals surface area contributed by atoms with Gasteiger partial charge in [0.2, 0.25) is 0 Å². The van der Waals surface area contributed by atoms with Gasteiger partial charge in [-0.05, 0) is 38.8 Å². The molecule has 0 bridgehead atoms. The first-order valence-corrected chi connectivity index (χ1v) is 5.54. The van der Waals surface area contributed by atoms with Crippen LogP contribution in [0.3, 0.4) is 0 Å². The molecule has 2 rings (SSSR count). The second-order valence-corrected chi connectivity index (χ2v) is 4.10. The zero-order valence-corrected chi connectivity index (χ0v) is 9.95. The summed E-state index contributed by atoms with van der Waals surface area (Å²) in [5.74, 6) is 5.21. The fourth-order valence-electron chi connectivity index (χ4n) is 2.28. The molecule has 1 amide bonds. The van der Waals surface area contributed by atoms with Crippen molar-refractivity contribution in [2.45, 2.75) is 33.4 Å². The van der Waals surface area contributed by atoms with Crippen LogP contribution in [0.1, 0.15) is 31.3 Å². The molecule has 0 N–H and O–H groups in total. The predicted octanol–water partition coefficient (Wildman–Crippen LogP) is 1.72. The van der Waals surface area contributed by atoms with E-state index in [4.69, 9.17) is 0 Å². The summed E-state index contributed by atoms with van der Waals surface area (Å²) in [7, 11) is 0. The van der Waals surface area contributed by atoms with Gasteiger partial charge in [0.25, 0.3) is 5.91 Å². The van der Waals surface area contributed by atoms with E-state index in [2.05, 4.69) is 42.4 Å². The molecular weight excluding hydrogens is 200 g/mol. The zero-order chi connectivity index (χ0) is 11.7. The third-order valence-electron chi connectivity index (χ3n) is 3.19. The summed E-state index contributed by atoms with van der Waals surface area (Å²) in [6.07, 6.45) is 0. The van der Waals surface area contributed by atoms with Gasteiger partial charge in [-0.3, -0.25) is 4.79 Å². The number of hydrogen-bond acceptors (Lipinski definition) is 1. The highest BCUT2D eigenvalue weighted by molar-refractivity contribution is 5.93. The smallest absolute Gasteiger partial charge is 0.299 e. The Labute approximate surface area is 96.0 Å². The van der Waals surface area contributed by atoms with Crippen molar-refractivity contribution in [3.05, 3.63) is 23.5 Å². The lowest BCUT2D eigenvalue weighted by Gasteiger charge is -2.34. The van der Waals surface area contributed by atoms with Crippen molar-refractivity contribution in [2.75, 3.05) is 6.54 Å². The standard InChI is InChI=1S/C13H16N2O/c1-4-5-13(16)15-9-8-14-10(2)6-7-12(14)11(15)3/h6-7,11H,8-9H2,1-3H3. The summed E-state index contributed by atoms with van der Waals surface area (Å²) in [5.41, 5.74) is 2.46. The minimum absolute atomic E-state index is 0.0693. The quantitative estimate of drug-likeness (QED) is 0.606. The molecule has 1 aromatic rings. The fourth-order valence-corrected chi connectivity index (χ4v) is 2.28. The third kappa shape index (κ3) is 1.61. The number of carbonyl (C=O) groups is 1. The molecule has 16 heavy (non-hydrogen) atoms. The number of amides is 1. The Kier molecular flexibility index (Phi) is 2.74. The highest BCUT2D eigenvalue weighted by atomic mass is 16.2. The van der Waals surface area contributed by atoms with E-state index in [1.165, 1.54) is 11.4 Å². The van der Waals surface area contributed by atoms with Crippen LogP contribution in [-0.4, -0.2) is 21.9 Å². The normalized spacial score (nSPS) is 18.7. The number of rotatable bonds is 0. The molecule has 84 valence electrons. The summed E-state index contributed by atoms with van der Waals surface area (Å²) in [5, 5.41) is 0. The van der Waals surface area contributed by atoms with Crippen LogP contribution in [0.15, 0.2) is 12.1 Å². The molecule has 3 nitrogen and oxygen atoms in total. The van der Waals surface area contributed by atoms with Crippen molar-refractivity contribution >= 4 is 5.91 Å². The Bertz CT molecular complexity index is 476. The van der Waals surface area contributed by atoms with Gasteiger partial charge in [-0.25, -0.2) is 0 Å². The first-order chi connectivity index (χ1) is 7.65. The van der Waals surface area contributed by atoms with Crippen LogP contribution < -0.4 is 0 Å². The van der Waals surface area contributed by atoms with Crippen molar-refractivity contribution in [3.63, 3.8) is 0 Å². The lowest BCUT2D eigenvalue weighted by Crippen LogP contribution is -2.40. The van der Waals surface area contributed by atoms with Gasteiger partial charge >= 0.3 is 0 Å². The summed E-state index contributed by atoms with van der Waals surface area (Å²) in [4.78, 5) is 13.6. The van der Waals surface area contributed by atoms with Crippen molar-refractivity contribution in [2.24, 2.45) is 0 Å². The number of carbonyl (C=O) groups excluding carboxylic acids is 1. The third-order valence-corrected chi connectivity index (χ3v) is 3.19. The van der Waals surface area contributed by atoms with Gasteiger partial charge in [0, 0.05) is 24.5 Å². The van der Waals surface area contributed by atoms with Gasteiger partial charge in [-0.2, -0.15) is 0 Å². The van der Waals surface area contributed by atoms with E-state index >= 15 is 0 Å². The van der Waals surface area contributed by atoms with Crippen LogP contribution in [0.5, 0.6) is 0 Å². The molecule has 0 fully saturated rings.